The zero-order valence-corrected chi connectivity index (χ0v) is 18.8. The number of phenols is 1. The predicted octanol–water partition coefficient (Wildman–Crippen LogP) is 5.81. The lowest BCUT2D eigenvalue weighted by atomic mass is 9.37. The van der Waals surface area contributed by atoms with Crippen LogP contribution in [0.2, 0.25) is 0 Å². The first-order chi connectivity index (χ1) is 14.0. The summed E-state index contributed by atoms with van der Waals surface area (Å²) in [6, 6.07) is 5.73. The fourth-order valence-electron chi connectivity index (χ4n) is 8.87. The van der Waals surface area contributed by atoms with Gasteiger partial charge in [0.2, 0.25) is 0 Å². The Morgan fingerprint density at radius 2 is 1.67 bits per heavy atom. The molecule has 1 aromatic carbocycles. The van der Waals surface area contributed by atoms with Crippen molar-refractivity contribution in [3.63, 3.8) is 0 Å². The first-order valence-electron chi connectivity index (χ1n) is 11.8. The predicted molar refractivity (Wildman–Crippen MR) is 116 cm³/mol. The highest BCUT2D eigenvalue weighted by atomic mass is 16.5. The van der Waals surface area contributed by atoms with Crippen LogP contribution in [0.1, 0.15) is 78.2 Å². The molecule has 1 aromatic rings. The summed E-state index contributed by atoms with van der Waals surface area (Å²) in [4.78, 5) is 12.3. The van der Waals surface area contributed by atoms with Gasteiger partial charge in [0.25, 0.3) is 0 Å². The Bertz CT molecular complexity index is 895. The molecule has 164 valence electrons. The Morgan fingerprint density at radius 1 is 0.967 bits per heavy atom. The number of rotatable bonds is 1. The summed E-state index contributed by atoms with van der Waals surface area (Å²) in [6.07, 6.45) is 8.00. The van der Waals surface area contributed by atoms with Crippen molar-refractivity contribution in [3.05, 3.63) is 23.8 Å². The van der Waals surface area contributed by atoms with Crippen molar-refractivity contribution in [2.45, 2.75) is 84.7 Å². The van der Waals surface area contributed by atoms with Crippen LogP contribution < -0.4 is 4.74 Å². The van der Waals surface area contributed by atoms with Crippen molar-refractivity contribution in [1.82, 2.24) is 0 Å². The van der Waals surface area contributed by atoms with Gasteiger partial charge >= 0.3 is 5.97 Å². The molecule has 4 aliphatic rings. The maximum Gasteiger partial charge on any atom is 0.309 e. The van der Waals surface area contributed by atoms with Crippen molar-refractivity contribution < 1.29 is 19.7 Å². The average Bonchev–Trinajstić information content (AvgIpc) is 2.67. The lowest BCUT2D eigenvalue weighted by Gasteiger charge is -2.68. The Morgan fingerprint density at radius 3 is 2.40 bits per heavy atom. The molecule has 1 aliphatic heterocycles. The first kappa shape index (κ1) is 20.2. The molecular weight excluding hydrogens is 376 g/mol. The van der Waals surface area contributed by atoms with Gasteiger partial charge in [-0.2, -0.15) is 0 Å². The Balaban J connectivity index is 1.56. The molecule has 3 unspecified atom stereocenters. The van der Waals surface area contributed by atoms with Crippen LogP contribution in [-0.4, -0.2) is 21.8 Å². The number of carboxylic acids is 1. The Hall–Kier alpha value is -1.71. The maximum absolute atomic E-state index is 12.3. The summed E-state index contributed by atoms with van der Waals surface area (Å²) < 4.78 is 6.57. The molecule has 0 aromatic heterocycles. The van der Waals surface area contributed by atoms with Gasteiger partial charge in [-0.1, -0.05) is 32.4 Å². The summed E-state index contributed by atoms with van der Waals surface area (Å²) in [7, 11) is 0. The number of hydrogen-bond acceptors (Lipinski definition) is 3. The van der Waals surface area contributed by atoms with Crippen molar-refractivity contribution >= 4 is 5.97 Å². The topological polar surface area (TPSA) is 66.8 Å². The number of hydrogen-bond donors (Lipinski definition) is 2. The van der Waals surface area contributed by atoms with Crippen LogP contribution in [0.25, 0.3) is 0 Å². The van der Waals surface area contributed by atoms with E-state index in [1.807, 2.05) is 13.0 Å². The van der Waals surface area contributed by atoms with Gasteiger partial charge in [0, 0.05) is 5.92 Å². The number of fused-ring (bicyclic) bond motifs is 6. The molecule has 4 heteroatoms. The molecule has 4 nitrogen and oxygen atoms in total. The maximum atomic E-state index is 12.3. The van der Waals surface area contributed by atoms with E-state index < -0.39 is 11.4 Å². The molecule has 0 spiro atoms. The SMILES string of the molecule is C[C@@]12CCC3[C@](C)(CCC[C@]3(C)C(=O)O)C1CC[C@]1(C)Oc3c(O)cccc3CC21. The van der Waals surface area contributed by atoms with Gasteiger partial charge in [-0.05, 0) is 93.1 Å². The van der Waals surface area contributed by atoms with E-state index in [4.69, 9.17) is 4.74 Å². The molecule has 7 atom stereocenters. The standard InChI is InChI=1S/C26H36O4/c1-23-11-6-12-25(3,22(28)29)19(23)9-13-24(2)18(23)10-14-26(4)20(24)15-16-7-5-8-17(27)21(16)30-26/h5,7-8,18-20,27H,6,9-15H2,1-4H3,(H,28,29)/t18?,19?,20?,23-,24-,25+,26+/m1/s1. The number of aromatic hydroxyl groups is 1. The number of ether oxygens (including phenoxy) is 1. The van der Waals surface area contributed by atoms with Gasteiger partial charge in [0.15, 0.2) is 11.5 Å². The average molecular weight is 413 g/mol. The monoisotopic (exact) mass is 412 g/mol. The van der Waals surface area contributed by atoms with Crippen LogP contribution in [0.4, 0.5) is 0 Å². The van der Waals surface area contributed by atoms with Gasteiger partial charge < -0.3 is 14.9 Å². The third-order valence-electron chi connectivity index (χ3n) is 10.3. The van der Waals surface area contributed by atoms with Crippen molar-refractivity contribution in [2.75, 3.05) is 0 Å². The lowest BCUT2D eigenvalue weighted by Crippen LogP contribution is -2.65. The first-order valence-corrected chi connectivity index (χ1v) is 11.8. The molecule has 3 aliphatic carbocycles. The second-order valence-electron chi connectivity index (χ2n) is 11.7. The highest BCUT2D eigenvalue weighted by Gasteiger charge is 2.67. The van der Waals surface area contributed by atoms with Crippen LogP contribution >= 0.6 is 0 Å². The summed E-state index contributed by atoms with van der Waals surface area (Å²) in [5.74, 6) is 1.47. The fraction of sp³-hybridized carbons (Fsp3) is 0.731. The van der Waals surface area contributed by atoms with Crippen LogP contribution in [-0.2, 0) is 11.2 Å². The number of phenolic OH excluding ortho intramolecular Hbond substituents is 1. The third-order valence-corrected chi connectivity index (χ3v) is 10.3. The molecule has 0 amide bonds. The van der Waals surface area contributed by atoms with E-state index in [2.05, 4.69) is 26.8 Å². The smallest absolute Gasteiger partial charge is 0.309 e. The molecular formula is C26H36O4. The van der Waals surface area contributed by atoms with Crippen LogP contribution in [0.3, 0.4) is 0 Å². The summed E-state index contributed by atoms with van der Waals surface area (Å²) in [5.41, 5.74) is 0.434. The van der Waals surface area contributed by atoms with Crippen molar-refractivity contribution in [2.24, 2.45) is 34.0 Å². The molecule has 5 rings (SSSR count). The minimum Gasteiger partial charge on any atom is -0.504 e. The van der Waals surface area contributed by atoms with Crippen LogP contribution in [0.15, 0.2) is 18.2 Å². The highest BCUT2D eigenvalue weighted by molar-refractivity contribution is 5.75. The van der Waals surface area contributed by atoms with Crippen LogP contribution in [0.5, 0.6) is 11.5 Å². The zero-order valence-electron chi connectivity index (χ0n) is 18.8. The van der Waals surface area contributed by atoms with E-state index in [0.29, 0.717) is 17.6 Å². The molecule has 0 radical (unpaired) electrons. The van der Waals surface area contributed by atoms with Crippen molar-refractivity contribution in [3.8, 4) is 11.5 Å². The molecule has 0 saturated heterocycles. The van der Waals surface area contributed by atoms with E-state index in [9.17, 15) is 15.0 Å². The zero-order chi connectivity index (χ0) is 21.5. The number of carboxylic acid groups (broad SMARTS) is 1. The summed E-state index contributed by atoms with van der Waals surface area (Å²) in [5, 5.41) is 20.5. The third kappa shape index (κ3) is 2.42. The fourth-order valence-corrected chi connectivity index (χ4v) is 8.87. The van der Waals surface area contributed by atoms with Gasteiger partial charge in [-0.3, -0.25) is 4.79 Å². The highest BCUT2D eigenvalue weighted by Crippen LogP contribution is 2.71. The quantitative estimate of drug-likeness (QED) is 0.611. The molecule has 3 saturated carbocycles. The Kier molecular flexibility index (Phi) is 4.16. The normalized spacial score (nSPS) is 47.1. The van der Waals surface area contributed by atoms with Gasteiger partial charge in [-0.15, -0.1) is 0 Å². The van der Waals surface area contributed by atoms with E-state index in [1.54, 1.807) is 6.07 Å². The van der Waals surface area contributed by atoms with E-state index in [1.165, 1.54) is 0 Å². The van der Waals surface area contributed by atoms with Crippen molar-refractivity contribution in [1.29, 1.82) is 0 Å². The van der Waals surface area contributed by atoms with Gasteiger partial charge in [0.05, 0.1) is 5.41 Å². The second kappa shape index (κ2) is 6.17. The van der Waals surface area contributed by atoms with Crippen LogP contribution in [0, 0.1) is 34.0 Å². The minimum absolute atomic E-state index is 0.0683. The van der Waals surface area contributed by atoms with E-state index in [-0.39, 0.29) is 28.1 Å². The number of para-hydroxylation sites is 1. The molecule has 3 fully saturated rings. The van der Waals surface area contributed by atoms with E-state index >= 15 is 0 Å². The van der Waals surface area contributed by atoms with E-state index in [0.717, 1.165) is 56.9 Å². The number of carbonyl (C=O) groups is 1. The Labute approximate surface area is 180 Å². The molecule has 2 N–H and O–H groups in total. The number of aliphatic carboxylic acids is 1. The lowest BCUT2D eigenvalue weighted by molar-refractivity contribution is -0.215. The minimum atomic E-state index is -0.604. The largest absolute Gasteiger partial charge is 0.504 e. The molecule has 30 heavy (non-hydrogen) atoms. The summed E-state index contributed by atoms with van der Waals surface area (Å²) in [6.45, 7) is 9.12. The molecule has 0 bridgehead atoms. The molecule has 1 heterocycles. The second-order valence-corrected chi connectivity index (χ2v) is 11.7. The van der Waals surface area contributed by atoms with Gasteiger partial charge in [-0.25, -0.2) is 0 Å². The summed E-state index contributed by atoms with van der Waals surface area (Å²) >= 11 is 0. The number of benzene rings is 1. The van der Waals surface area contributed by atoms with Gasteiger partial charge in [0.1, 0.15) is 5.60 Å².